The Kier molecular flexibility index (Phi) is 4.69. The summed E-state index contributed by atoms with van der Waals surface area (Å²) >= 11 is 5.65. The maximum Gasteiger partial charge on any atom is 0.166 e. The number of ether oxygens (including phenoxy) is 3. The van der Waals surface area contributed by atoms with Crippen molar-refractivity contribution < 1.29 is 18.6 Å². The fourth-order valence-corrected chi connectivity index (χ4v) is 1.84. The first-order chi connectivity index (χ1) is 9.66. The van der Waals surface area contributed by atoms with Crippen LogP contribution in [0.4, 0.5) is 4.39 Å². The van der Waals surface area contributed by atoms with Gasteiger partial charge in [-0.05, 0) is 17.7 Å². The van der Waals surface area contributed by atoms with Crippen molar-refractivity contribution in [1.82, 2.24) is 0 Å². The van der Waals surface area contributed by atoms with Gasteiger partial charge >= 0.3 is 0 Å². The highest BCUT2D eigenvalue weighted by atomic mass is 35.5. The molecule has 0 saturated heterocycles. The highest BCUT2D eigenvalue weighted by Gasteiger charge is 2.08. The molecule has 0 N–H and O–H groups in total. The molecule has 0 unspecified atom stereocenters. The predicted octanol–water partition coefficient (Wildman–Crippen LogP) is 4.37. The lowest BCUT2D eigenvalue weighted by Gasteiger charge is -2.11. The second-order valence-corrected chi connectivity index (χ2v) is 4.32. The topological polar surface area (TPSA) is 27.7 Å². The van der Waals surface area contributed by atoms with Crippen molar-refractivity contribution in [2.75, 3.05) is 14.2 Å². The molecule has 0 aliphatic rings. The van der Waals surface area contributed by atoms with Crippen molar-refractivity contribution in [3.63, 3.8) is 0 Å². The molecule has 0 amide bonds. The van der Waals surface area contributed by atoms with E-state index in [9.17, 15) is 4.39 Å². The molecule has 2 rings (SSSR count). The summed E-state index contributed by atoms with van der Waals surface area (Å²) in [5.74, 6) is 1.47. The molecular weight excluding hydrogens is 283 g/mol. The van der Waals surface area contributed by atoms with Crippen LogP contribution in [0.5, 0.6) is 23.0 Å². The quantitative estimate of drug-likeness (QED) is 0.767. The first kappa shape index (κ1) is 14.5. The summed E-state index contributed by atoms with van der Waals surface area (Å²) in [6, 6.07) is 9.61. The van der Waals surface area contributed by atoms with Crippen molar-refractivity contribution >= 4 is 11.6 Å². The zero-order valence-electron chi connectivity index (χ0n) is 11.2. The molecule has 3 nitrogen and oxygen atoms in total. The van der Waals surface area contributed by atoms with Crippen LogP contribution in [0.1, 0.15) is 5.56 Å². The Morgan fingerprint density at radius 3 is 2.05 bits per heavy atom. The summed E-state index contributed by atoms with van der Waals surface area (Å²) in [5, 5.41) is 0. The summed E-state index contributed by atoms with van der Waals surface area (Å²) in [6.07, 6.45) is 0. The summed E-state index contributed by atoms with van der Waals surface area (Å²) in [6.45, 7) is 0. The monoisotopic (exact) mass is 296 g/mol. The summed E-state index contributed by atoms with van der Waals surface area (Å²) in [5.41, 5.74) is 0.694. The average molecular weight is 297 g/mol. The molecule has 0 atom stereocenters. The molecule has 0 radical (unpaired) electrons. The first-order valence-corrected chi connectivity index (χ1v) is 6.45. The SMILES string of the molecule is COc1cc(OC)cc(Oc2ccc(CCl)cc2F)c1. The average Bonchev–Trinajstić information content (AvgIpc) is 2.48. The smallest absolute Gasteiger partial charge is 0.166 e. The Labute approximate surface area is 121 Å². The van der Waals surface area contributed by atoms with Crippen molar-refractivity contribution in [3.8, 4) is 23.0 Å². The molecule has 0 bridgehead atoms. The van der Waals surface area contributed by atoms with Crippen LogP contribution < -0.4 is 14.2 Å². The van der Waals surface area contributed by atoms with Gasteiger partial charge in [0.05, 0.1) is 14.2 Å². The van der Waals surface area contributed by atoms with E-state index >= 15 is 0 Å². The molecule has 0 saturated carbocycles. The second-order valence-electron chi connectivity index (χ2n) is 4.05. The molecule has 5 heteroatoms. The van der Waals surface area contributed by atoms with Gasteiger partial charge in [0.2, 0.25) is 0 Å². The van der Waals surface area contributed by atoms with Gasteiger partial charge in [-0.2, -0.15) is 0 Å². The number of rotatable bonds is 5. The summed E-state index contributed by atoms with van der Waals surface area (Å²) < 4.78 is 29.6. The first-order valence-electron chi connectivity index (χ1n) is 5.91. The number of hydrogen-bond donors (Lipinski definition) is 0. The number of halogens is 2. The van der Waals surface area contributed by atoms with Crippen molar-refractivity contribution in [2.45, 2.75) is 5.88 Å². The van der Waals surface area contributed by atoms with Gasteiger partial charge in [-0.3, -0.25) is 0 Å². The van der Waals surface area contributed by atoms with Crippen LogP contribution in [-0.2, 0) is 5.88 Å². The van der Waals surface area contributed by atoms with Crippen LogP contribution in [0, 0.1) is 5.82 Å². The number of alkyl halides is 1. The Morgan fingerprint density at radius 2 is 1.55 bits per heavy atom. The number of hydrogen-bond acceptors (Lipinski definition) is 3. The Balaban J connectivity index is 2.29. The third-order valence-corrected chi connectivity index (χ3v) is 3.01. The summed E-state index contributed by atoms with van der Waals surface area (Å²) in [4.78, 5) is 0. The molecule has 0 heterocycles. The van der Waals surface area contributed by atoms with Gasteiger partial charge in [-0.15, -0.1) is 11.6 Å². The molecule has 0 fully saturated rings. The summed E-state index contributed by atoms with van der Waals surface area (Å²) in [7, 11) is 3.07. The lowest BCUT2D eigenvalue weighted by molar-refractivity contribution is 0.383. The second kappa shape index (κ2) is 6.48. The number of benzene rings is 2. The van der Waals surface area contributed by atoms with E-state index in [1.54, 1.807) is 30.3 Å². The van der Waals surface area contributed by atoms with Crippen LogP contribution in [0.25, 0.3) is 0 Å². The highest BCUT2D eigenvalue weighted by Crippen LogP contribution is 2.32. The Morgan fingerprint density at radius 1 is 0.950 bits per heavy atom. The molecule has 20 heavy (non-hydrogen) atoms. The maximum atomic E-state index is 13.8. The zero-order chi connectivity index (χ0) is 14.5. The van der Waals surface area contributed by atoms with Crippen molar-refractivity contribution in [1.29, 1.82) is 0 Å². The lowest BCUT2D eigenvalue weighted by Crippen LogP contribution is -1.92. The Bertz CT molecular complexity index is 579. The minimum absolute atomic E-state index is 0.120. The van der Waals surface area contributed by atoms with Gasteiger partial charge in [0.1, 0.15) is 17.2 Å². The van der Waals surface area contributed by atoms with Gasteiger partial charge in [0.15, 0.2) is 11.6 Å². The van der Waals surface area contributed by atoms with E-state index < -0.39 is 5.82 Å². The minimum Gasteiger partial charge on any atom is -0.496 e. The normalized spacial score (nSPS) is 10.2. The molecular formula is C15H14ClFO3. The molecule has 0 aliphatic heterocycles. The van der Waals surface area contributed by atoms with E-state index in [-0.39, 0.29) is 11.6 Å². The van der Waals surface area contributed by atoms with E-state index in [0.717, 1.165) is 0 Å². The van der Waals surface area contributed by atoms with E-state index in [0.29, 0.717) is 22.8 Å². The fraction of sp³-hybridized carbons (Fsp3) is 0.200. The van der Waals surface area contributed by atoms with Crippen molar-refractivity contribution in [3.05, 3.63) is 47.8 Å². The van der Waals surface area contributed by atoms with Gasteiger partial charge in [0, 0.05) is 24.1 Å². The molecule has 0 aromatic heterocycles. The van der Waals surface area contributed by atoms with E-state index in [2.05, 4.69) is 0 Å². The van der Waals surface area contributed by atoms with Crippen LogP contribution in [0.15, 0.2) is 36.4 Å². The third kappa shape index (κ3) is 3.33. The van der Waals surface area contributed by atoms with Crippen molar-refractivity contribution in [2.24, 2.45) is 0 Å². The van der Waals surface area contributed by atoms with E-state index in [1.165, 1.54) is 20.3 Å². The standard InChI is InChI=1S/C15H14ClFO3/c1-18-11-6-12(19-2)8-13(7-11)20-15-4-3-10(9-16)5-14(15)17/h3-8H,9H2,1-2H3. The van der Waals surface area contributed by atoms with Gasteiger partial charge < -0.3 is 14.2 Å². The van der Waals surface area contributed by atoms with Gasteiger partial charge in [0.25, 0.3) is 0 Å². The largest absolute Gasteiger partial charge is 0.496 e. The lowest BCUT2D eigenvalue weighted by atomic mass is 10.2. The number of methoxy groups -OCH3 is 2. The fourth-order valence-electron chi connectivity index (χ4n) is 1.68. The molecule has 0 spiro atoms. The molecule has 106 valence electrons. The van der Waals surface area contributed by atoms with Crippen LogP contribution >= 0.6 is 11.6 Å². The highest BCUT2D eigenvalue weighted by molar-refractivity contribution is 6.17. The molecule has 0 aliphatic carbocycles. The van der Waals surface area contributed by atoms with E-state index in [1.807, 2.05) is 0 Å². The zero-order valence-corrected chi connectivity index (χ0v) is 11.9. The van der Waals surface area contributed by atoms with Crippen LogP contribution in [0.2, 0.25) is 0 Å². The molecule has 2 aromatic carbocycles. The van der Waals surface area contributed by atoms with Gasteiger partial charge in [-0.1, -0.05) is 6.07 Å². The van der Waals surface area contributed by atoms with Crippen LogP contribution in [-0.4, -0.2) is 14.2 Å². The minimum atomic E-state index is -0.468. The molecule has 2 aromatic rings. The predicted molar refractivity (Wildman–Crippen MR) is 75.6 cm³/mol. The Hall–Kier alpha value is -1.94. The maximum absolute atomic E-state index is 13.8. The van der Waals surface area contributed by atoms with Crippen LogP contribution in [0.3, 0.4) is 0 Å². The van der Waals surface area contributed by atoms with E-state index in [4.69, 9.17) is 25.8 Å². The van der Waals surface area contributed by atoms with Gasteiger partial charge in [-0.25, -0.2) is 4.39 Å². The third-order valence-electron chi connectivity index (χ3n) is 2.70.